The van der Waals surface area contributed by atoms with Gasteiger partial charge in [-0.2, -0.15) is 5.10 Å². The van der Waals surface area contributed by atoms with Gasteiger partial charge in [-0.1, -0.05) is 0 Å². The molecule has 0 saturated carbocycles. The number of benzene rings is 1. The predicted molar refractivity (Wildman–Crippen MR) is 71.9 cm³/mol. The fraction of sp³-hybridized carbons (Fsp3) is 0.0714. The first-order valence-corrected chi connectivity index (χ1v) is 6.13. The van der Waals surface area contributed by atoms with E-state index in [0.717, 1.165) is 10.6 Å². The van der Waals surface area contributed by atoms with E-state index in [2.05, 4.69) is 10.4 Å². The SMILES string of the molecule is O=C1CN(/N=C\c2ccc(-c3ccc(F)cc3)o2)C(=O)N1. The molecule has 1 N–H and O–H groups in total. The van der Waals surface area contributed by atoms with E-state index in [0.29, 0.717) is 11.5 Å². The zero-order valence-corrected chi connectivity index (χ0v) is 10.7. The summed E-state index contributed by atoms with van der Waals surface area (Å²) in [7, 11) is 0. The summed E-state index contributed by atoms with van der Waals surface area (Å²) in [5, 5.41) is 6.98. The Balaban J connectivity index is 1.75. The number of hydrogen-bond acceptors (Lipinski definition) is 4. The normalized spacial score (nSPS) is 15.0. The van der Waals surface area contributed by atoms with E-state index >= 15 is 0 Å². The quantitative estimate of drug-likeness (QED) is 0.692. The molecule has 0 spiro atoms. The third-order valence-corrected chi connectivity index (χ3v) is 2.85. The molecule has 1 saturated heterocycles. The largest absolute Gasteiger partial charge is 0.455 e. The predicted octanol–water partition coefficient (Wildman–Crippen LogP) is 1.97. The van der Waals surface area contributed by atoms with E-state index in [4.69, 9.17) is 4.42 Å². The van der Waals surface area contributed by atoms with Crippen molar-refractivity contribution in [1.29, 1.82) is 0 Å². The molecule has 1 aliphatic heterocycles. The maximum atomic E-state index is 12.8. The zero-order valence-electron chi connectivity index (χ0n) is 10.7. The van der Waals surface area contributed by atoms with Crippen LogP contribution >= 0.6 is 0 Å². The Morgan fingerprint density at radius 3 is 2.62 bits per heavy atom. The highest BCUT2D eigenvalue weighted by Crippen LogP contribution is 2.21. The van der Waals surface area contributed by atoms with Crippen LogP contribution in [0.25, 0.3) is 11.3 Å². The zero-order chi connectivity index (χ0) is 14.8. The molecule has 1 fully saturated rings. The van der Waals surface area contributed by atoms with Crippen molar-refractivity contribution in [1.82, 2.24) is 10.3 Å². The molecule has 0 atom stereocenters. The first-order valence-electron chi connectivity index (χ1n) is 6.13. The number of nitrogens with zero attached hydrogens (tertiary/aromatic N) is 2. The maximum Gasteiger partial charge on any atom is 0.344 e. The van der Waals surface area contributed by atoms with Gasteiger partial charge in [-0.05, 0) is 36.4 Å². The van der Waals surface area contributed by atoms with Crippen molar-refractivity contribution in [2.24, 2.45) is 5.10 Å². The van der Waals surface area contributed by atoms with Gasteiger partial charge in [0.25, 0.3) is 0 Å². The lowest BCUT2D eigenvalue weighted by molar-refractivity contribution is -0.118. The molecular formula is C14H10FN3O3. The molecule has 3 amide bonds. The molecule has 0 radical (unpaired) electrons. The summed E-state index contributed by atoms with van der Waals surface area (Å²) in [6.45, 7) is -0.110. The molecule has 7 heteroatoms. The molecule has 1 aromatic heterocycles. The van der Waals surface area contributed by atoms with Crippen LogP contribution < -0.4 is 5.32 Å². The second kappa shape index (κ2) is 5.20. The Morgan fingerprint density at radius 1 is 1.19 bits per heavy atom. The minimum Gasteiger partial charge on any atom is -0.455 e. The van der Waals surface area contributed by atoms with E-state index in [9.17, 15) is 14.0 Å². The summed E-state index contributed by atoms with van der Waals surface area (Å²) in [6.07, 6.45) is 1.34. The molecule has 0 bridgehead atoms. The van der Waals surface area contributed by atoms with Gasteiger partial charge in [0.1, 0.15) is 23.9 Å². The lowest BCUT2D eigenvalue weighted by atomic mass is 10.2. The van der Waals surface area contributed by atoms with E-state index in [1.165, 1.54) is 18.3 Å². The van der Waals surface area contributed by atoms with Gasteiger partial charge < -0.3 is 4.42 Å². The minimum absolute atomic E-state index is 0.110. The Morgan fingerprint density at radius 2 is 1.95 bits per heavy atom. The molecule has 0 aliphatic carbocycles. The van der Waals surface area contributed by atoms with Gasteiger partial charge in [-0.3, -0.25) is 10.1 Å². The molecule has 2 aromatic rings. The van der Waals surface area contributed by atoms with E-state index < -0.39 is 11.9 Å². The van der Waals surface area contributed by atoms with Gasteiger partial charge in [0.05, 0.1) is 6.21 Å². The summed E-state index contributed by atoms with van der Waals surface area (Å²) in [5.41, 5.74) is 0.727. The van der Waals surface area contributed by atoms with Crippen molar-refractivity contribution in [2.75, 3.05) is 6.54 Å². The Bertz CT molecular complexity index is 721. The number of carbonyl (C=O) groups excluding carboxylic acids is 2. The number of amides is 3. The molecule has 3 rings (SSSR count). The smallest absolute Gasteiger partial charge is 0.344 e. The van der Waals surface area contributed by atoms with Crippen LogP contribution in [-0.4, -0.2) is 29.7 Å². The van der Waals surface area contributed by atoms with Crippen molar-refractivity contribution < 1.29 is 18.4 Å². The second-order valence-electron chi connectivity index (χ2n) is 4.36. The lowest BCUT2D eigenvalue weighted by Crippen LogP contribution is -2.24. The number of rotatable bonds is 3. The monoisotopic (exact) mass is 287 g/mol. The van der Waals surface area contributed by atoms with Crippen LogP contribution in [0.3, 0.4) is 0 Å². The molecular weight excluding hydrogens is 277 g/mol. The fourth-order valence-electron chi connectivity index (χ4n) is 1.84. The summed E-state index contributed by atoms with van der Waals surface area (Å²) in [6, 6.07) is 8.68. The molecule has 1 aromatic carbocycles. The maximum absolute atomic E-state index is 12.8. The molecule has 6 nitrogen and oxygen atoms in total. The number of urea groups is 1. The number of imide groups is 1. The molecule has 0 unspecified atom stereocenters. The fourth-order valence-corrected chi connectivity index (χ4v) is 1.84. The lowest BCUT2D eigenvalue weighted by Gasteiger charge is -2.02. The van der Waals surface area contributed by atoms with Gasteiger partial charge in [0, 0.05) is 5.56 Å². The Labute approximate surface area is 118 Å². The van der Waals surface area contributed by atoms with Crippen LogP contribution in [0.5, 0.6) is 0 Å². The molecule has 21 heavy (non-hydrogen) atoms. The van der Waals surface area contributed by atoms with Gasteiger partial charge >= 0.3 is 6.03 Å². The highest BCUT2D eigenvalue weighted by atomic mass is 19.1. The van der Waals surface area contributed by atoms with Crippen molar-refractivity contribution in [3.8, 4) is 11.3 Å². The number of hydrogen-bond donors (Lipinski definition) is 1. The average molecular weight is 287 g/mol. The van der Waals surface area contributed by atoms with Crippen LogP contribution in [0.1, 0.15) is 5.76 Å². The topological polar surface area (TPSA) is 74.9 Å². The van der Waals surface area contributed by atoms with Crippen LogP contribution in [0.2, 0.25) is 0 Å². The van der Waals surface area contributed by atoms with Crippen molar-refractivity contribution >= 4 is 18.2 Å². The third kappa shape index (κ3) is 2.81. The molecule has 2 heterocycles. The second-order valence-corrected chi connectivity index (χ2v) is 4.36. The highest BCUT2D eigenvalue weighted by Gasteiger charge is 2.25. The number of carbonyl (C=O) groups is 2. The van der Waals surface area contributed by atoms with Crippen molar-refractivity contribution in [3.05, 3.63) is 48.0 Å². The average Bonchev–Trinajstić information content (AvgIpc) is 3.04. The Kier molecular flexibility index (Phi) is 3.23. The summed E-state index contributed by atoms with van der Waals surface area (Å²) in [4.78, 5) is 22.3. The summed E-state index contributed by atoms with van der Waals surface area (Å²) in [5.74, 6) is 0.250. The van der Waals surface area contributed by atoms with Gasteiger partial charge in [0.2, 0.25) is 5.91 Å². The van der Waals surface area contributed by atoms with Gasteiger partial charge in [-0.25, -0.2) is 14.2 Å². The standard InChI is InChI=1S/C14H10FN3O3/c15-10-3-1-9(2-4-10)12-6-5-11(21-12)7-16-18-8-13(19)17-14(18)20/h1-7H,8H2,(H,17,19,20)/b16-7-. The third-order valence-electron chi connectivity index (χ3n) is 2.85. The van der Waals surface area contributed by atoms with Gasteiger partial charge in [0.15, 0.2) is 0 Å². The first-order chi connectivity index (χ1) is 10.1. The molecule has 1 aliphatic rings. The number of nitrogens with one attached hydrogen (secondary N) is 1. The van der Waals surface area contributed by atoms with Gasteiger partial charge in [-0.15, -0.1) is 0 Å². The van der Waals surface area contributed by atoms with Crippen LogP contribution in [-0.2, 0) is 4.79 Å². The van der Waals surface area contributed by atoms with E-state index in [1.807, 2.05) is 0 Å². The molecule has 106 valence electrons. The Hall–Kier alpha value is -2.96. The van der Waals surface area contributed by atoms with Crippen LogP contribution in [0, 0.1) is 5.82 Å². The summed E-state index contributed by atoms with van der Waals surface area (Å²) < 4.78 is 18.4. The van der Waals surface area contributed by atoms with Crippen molar-refractivity contribution in [2.45, 2.75) is 0 Å². The highest BCUT2D eigenvalue weighted by molar-refractivity contribution is 6.02. The summed E-state index contributed by atoms with van der Waals surface area (Å²) >= 11 is 0. The van der Waals surface area contributed by atoms with Crippen molar-refractivity contribution in [3.63, 3.8) is 0 Å². The number of halogens is 1. The van der Waals surface area contributed by atoms with Crippen LogP contribution in [0.15, 0.2) is 45.9 Å². The number of hydrazone groups is 1. The number of furan rings is 1. The first kappa shape index (κ1) is 13.0. The van der Waals surface area contributed by atoms with E-state index in [-0.39, 0.29) is 12.4 Å². The van der Waals surface area contributed by atoms with Crippen LogP contribution in [0.4, 0.5) is 9.18 Å². The van der Waals surface area contributed by atoms with E-state index in [1.54, 1.807) is 24.3 Å². The minimum atomic E-state index is -0.568.